The number of ether oxygens (including phenoxy) is 1. The van der Waals surface area contributed by atoms with Gasteiger partial charge in [-0.05, 0) is 62.7 Å². The highest BCUT2D eigenvalue weighted by molar-refractivity contribution is 7.92. The van der Waals surface area contributed by atoms with Crippen molar-refractivity contribution in [3.8, 4) is 5.75 Å². The number of rotatable bonds is 5. The van der Waals surface area contributed by atoms with Gasteiger partial charge >= 0.3 is 0 Å². The number of sulfonamides is 1. The Morgan fingerprint density at radius 2 is 1.71 bits per heavy atom. The molecule has 0 amide bonds. The van der Waals surface area contributed by atoms with Crippen molar-refractivity contribution in [3.05, 3.63) is 54.1 Å². The van der Waals surface area contributed by atoms with Crippen molar-refractivity contribution in [2.24, 2.45) is 0 Å². The molecule has 0 aromatic heterocycles. The summed E-state index contributed by atoms with van der Waals surface area (Å²) in [6.45, 7) is 5.74. The Bertz CT molecular complexity index is 707. The van der Waals surface area contributed by atoms with E-state index in [1.165, 1.54) is 0 Å². The Morgan fingerprint density at radius 1 is 1.05 bits per heavy atom. The molecule has 0 aliphatic heterocycles. The van der Waals surface area contributed by atoms with Crippen molar-refractivity contribution in [1.82, 2.24) is 0 Å². The van der Waals surface area contributed by atoms with Crippen molar-refractivity contribution < 1.29 is 13.2 Å². The normalized spacial score (nSPS) is 11.4. The molecule has 0 aliphatic carbocycles. The van der Waals surface area contributed by atoms with Gasteiger partial charge in [-0.1, -0.05) is 12.1 Å². The summed E-state index contributed by atoms with van der Waals surface area (Å²) >= 11 is 0. The van der Waals surface area contributed by atoms with Gasteiger partial charge in [-0.2, -0.15) is 0 Å². The standard InChI is InChI=1S/C16H19NO3S/c1-12(2)20-15-9-7-14(8-10-15)17-21(18,19)16-6-4-5-13(3)11-16/h4-12,17H,1-3H3. The molecule has 1 N–H and O–H groups in total. The molecule has 21 heavy (non-hydrogen) atoms. The lowest BCUT2D eigenvalue weighted by Gasteiger charge is -2.11. The Kier molecular flexibility index (Phi) is 4.53. The molecular formula is C16H19NO3S. The molecule has 0 fully saturated rings. The van der Waals surface area contributed by atoms with Gasteiger partial charge in [-0.3, -0.25) is 4.72 Å². The van der Waals surface area contributed by atoms with Gasteiger partial charge in [-0.25, -0.2) is 8.42 Å². The third-order valence-electron chi connectivity index (χ3n) is 2.78. The SMILES string of the molecule is Cc1cccc(S(=O)(=O)Nc2ccc(OC(C)C)cc2)c1. The lowest BCUT2D eigenvalue weighted by Crippen LogP contribution is -2.13. The summed E-state index contributed by atoms with van der Waals surface area (Å²) in [5.74, 6) is 0.712. The summed E-state index contributed by atoms with van der Waals surface area (Å²) in [7, 11) is -3.56. The Labute approximate surface area is 125 Å². The van der Waals surface area contributed by atoms with Gasteiger partial charge < -0.3 is 4.74 Å². The molecular weight excluding hydrogens is 286 g/mol. The molecule has 112 valence electrons. The van der Waals surface area contributed by atoms with E-state index in [0.29, 0.717) is 11.4 Å². The van der Waals surface area contributed by atoms with Crippen LogP contribution < -0.4 is 9.46 Å². The lowest BCUT2D eigenvalue weighted by molar-refractivity contribution is 0.242. The van der Waals surface area contributed by atoms with Crippen LogP contribution in [0, 0.1) is 6.92 Å². The molecule has 5 heteroatoms. The zero-order valence-corrected chi connectivity index (χ0v) is 13.1. The van der Waals surface area contributed by atoms with Crippen molar-refractivity contribution in [2.45, 2.75) is 31.8 Å². The van der Waals surface area contributed by atoms with Gasteiger partial charge in [0.05, 0.1) is 11.0 Å². The van der Waals surface area contributed by atoms with Gasteiger partial charge in [0.2, 0.25) is 0 Å². The first-order valence-electron chi connectivity index (χ1n) is 6.73. The van der Waals surface area contributed by atoms with E-state index in [2.05, 4.69) is 4.72 Å². The van der Waals surface area contributed by atoms with E-state index in [4.69, 9.17) is 4.74 Å². The molecule has 0 aliphatic rings. The molecule has 0 saturated carbocycles. The third-order valence-corrected chi connectivity index (χ3v) is 4.16. The van der Waals surface area contributed by atoms with Crippen molar-refractivity contribution in [3.63, 3.8) is 0 Å². The maximum Gasteiger partial charge on any atom is 0.261 e. The maximum absolute atomic E-state index is 12.3. The van der Waals surface area contributed by atoms with Gasteiger partial charge in [-0.15, -0.1) is 0 Å². The molecule has 0 atom stereocenters. The van der Waals surface area contributed by atoms with Crippen LogP contribution in [0.15, 0.2) is 53.4 Å². The van der Waals surface area contributed by atoms with Gasteiger partial charge in [0.25, 0.3) is 10.0 Å². The second-order valence-electron chi connectivity index (χ2n) is 5.11. The van der Waals surface area contributed by atoms with Gasteiger partial charge in [0.1, 0.15) is 5.75 Å². The quantitative estimate of drug-likeness (QED) is 0.918. The van der Waals surface area contributed by atoms with E-state index in [-0.39, 0.29) is 11.0 Å². The summed E-state index contributed by atoms with van der Waals surface area (Å²) < 4.78 is 32.6. The molecule has 2 aromatic rings. The van der Waals surface area contributed by atoms with E-state index in [1.54, 1.807) is 42.5 Å². The van der Waals surface area contributed by atoms with Crippen LogP contribution in [0.25, 0.3) is 0 Å². The van der Waals surface area contributed by atoms with Crippen molar-refractivity contribution in [2.75, 3.05) is 4.72 Å². The minimum absolute atomic E-state index is 0.0832. The zero-order valence-electron chi connectivity index (χ0n) is 12.3. The Balaban J connectivity index is 2.17. The van der Waals surface area contributed by atoms with Crippen LogP contribution in [0.3, 0.4) is 0 Å². The first-order valence-corrected chi connectivity index (χ1v) is 8.21. The van der Waals surface area contributed by atoms with E-state index < -0.39 is 10.0 Å². The van der Waals surface area contributed by atoms with E-state index >= 15 is 0 Å². The van der Waals surface area contributed by atoms with Crippen LogP contribution >= 0.6 is 0 Å². The number of hydrogen-bond donors (Lipinski definition) is 1. The smallest absolute Gasteiger partial charge is 0.261 e. The summed E-state index contributed by atoms with van der Waals surface area (Å²) in [6, 6.07) is 13.7. The largest absolute Gasteiger partial charge is 0.491 e. The molecule has 0 unspecified atom stereocenters. The van der Waals surface area contributed by atoms with Crippen LogP contribution in [0.2, 0.25) is 0 Å². The molecule has 0 spiro atoms. The number of aryl methyl sites for hydroxylation is 1. The van der Waals surface area contributed by atoms with Crippen molar-refractivity contribution >= 4 is 15.7 Å². The first-order chi connectivity index (χ1) is 9.87. The second kappa shape index (κ2) is 6.18. The fourth-order valence-corrected chi connectivity index (χ4v) is 3.03. The number of hydrogen-bond acceptors (Lipinski definition) is 3. The maximum atomic E-state index is 12.3. The average molecular weight is 305 g/mol. The predicted octanol–water partition coefficient (Wildman–Crippen LogP) is 3.58. The van der Waals surface area contributed by atoms with Gasteiger partial charge in [0, 0.05) is 5.69 Å². The minimum atomic E-state index is -3.56. The number of anilines is 1. The number of benzene rings is 2. The second-order valence-corrected chi connectivity index (χ2v) is 6.80. The monoisotopic (exact) mass is 305 g/mol. The summed E-state index contributed by atoms with van der Waals surface area (Å²) in [4.78, 5) is 0.255. The molecule has 2 aromatic carbocycles. The fraction of sp³-hybridized carbons (Fsp3) is 0.250. The molecule has 0 heterocycles. The van der Waals surface area contributed by atoms with Crippen LogP contribution in [0.1, 0.15) is 19.4 Å². The van der Waals surface area contributed by atoms with Crippen LogP contribution in [-0.4, -0.2) is 14.5 Å². The minimum Gasteiger partial charge on any atom is -0.491 e. The van der Waals surface area contributed by atoms with Crippen molar-refractivity contribution in [1.29, 1.82) is 0 Å². The molecule has 4 nitrogen and oxygen atoms in total. The van der Waals surface area contributed by atoms with E-state index in [9.17, 15) is 8.42 Å². The molecule has 0 radical (unpaired) electrons. The van der Waals surface area contributed by atoms with Crippen LogP contribution in [0.5, 0.6) is 5.75 Å². The van der Waals surface area contributed by atoms with E-state index in [1.807, 2.05) is 26.8 Å². The van der Waals surface area contributed by atoms with Gasteiger partial charge in [0.15, 0.2) is 0 Å². The third kappa shape index (κ3) is 4.23. The summed E-state index contributed by atoms with van der Waals surface area (Å²) in [6.07, 6.45) is 0.0832. The number of nitrogens with one attached hydrogen (secondary N) is 1. The molecule has 0 bridgehead atoms. The molecule has 2 rings (SSSR count). The summed E-state index contributed by atoms with van der Waals surface area (Å²) in [5.41, 5.74) is 1.41. The average Bonchev–Trinajstić information content (AvgIpc) is 2.40. The summed E-state index contributed by atoms with van der Waals surface area (Å²) in [5, 5.41) is 0. The highest BCUT2D eigenvalue weighted by Gasteiger charge is 2.14. The fourth-order valence-electron chi connectivity index (χ4n) is 1.87. The van der Waals surface area contributed by atoms with Crippen LogP contribution in [0.4, 0.5) is 5.69 Å². The van der Waals surface area contributed by atoms with Crippen LogP contribution in [-0.2, 0) is 10.0 Å². The van der Waals surface area contributed by atoms with E-state index in [0.717, 1.165) is 5.56 Å². The zero-order chi connectivity index (χ0) is 15.5. The Morgan fingerprint density at radius 3 is 2.29 bits per heavy atom. The topological polar surface area (TPSA) is 55.4 Å². The predicted molar refractivity (Wildman–Crippen MR) is 84.2 cm³/mol. The highest BCUT2D eigenvalue weighted by Crippen LogP contribution is 2.20. The molecule has 0 saturated heterocycles. The lowest BCUT2D eigenvalue weighted by atomic mass is 10.2. The Hall–Kier alpha value is -2.01. The first kappa shape index (κ1) is 15.4. The highest BCUT2D eigenvalue weighted by atomic mass is 32.2.